The predicted octanol–water partition coefficient (Wildman–Crippen LogP) is 7.46. The Hall–Kier alpha value is -3.87. The summed E-state index contributed by atoms with van der Waals surface area (Å²) in [5.41, 5.74) is 2.76. The van der Waals surface area contributed by atoms with Crippen molar-refractivity contribution in [2.24, 2.45) is 5.92 Å². The monoisotopic (exact) mass is 571 g/mol. The molecule has 42 heavy (non-hydrogen) atoms. The highest BCUT2D eigenvalue weighted by atomic mass is 16.6. The first-order chi connectivity index (χ1) is 19.8. The van der Waals surface area contributed by atoms with Gasteiger partial charge in [0, 0.05) is 11.7 Å². The number of ether oxygens (including phenoxy) is 1. The number of nitrogens with one attached hydrogen (secondary N) is 2. The van der Waals surface area contributed by atoms with Gasteiger partial charge in [-0.15, -0.1) is 0 Å². The lowest BCUT2D eigenvalue weighted by molar-refractivity contribution is -0.146. The number of alkyl carbamates (subject to hydrolysis) is 1. The summed E-state index contributed by atoms with van der Waals surface area (Å²) in [5.74, 6) is -0.418. The third kappa shape index (κ3) is 7.69. The number of anilines is 1. The van der Waals surface area contributed by atoms with Crippen LogP contribution in [0.15, 0.2) is 60.7 Å². The van der Waals surface area contributed by atoms with Crippen LogP contribution in [-0.4, -0.2) is 40.5 Å². The van der Waals surface area contributed by atoms with Crippen molar-refractivity contribution < 1.29 is 19.1 Å². The number of fused-ring (bicyclic) bond motifs is 1. The zero-order valence-corrected chi connectivity index (χ0v) is 26.0. The lowest BCUT2D eigenvalue weighted by atomic mass is 9.86. The van der Waals surface area contributed by atoms with E-state index in [0.717, 1.165) is 46.7 Å². The molecular weight excluding hydrogens is 526 g/mol. The molecule has 3 aromatic rings. The average molecular weight is 572 g/mol. The van der Waals surface area contributed by atoms with Crippen LogP contribution in [0.25, 0.3) is 10.8 Å². The smallest absolute Gasteiger partial charge is 0.408 e. The Labute approximate surface area is 250 Å². The molecule has 224 valence electrons. The highest BCUT2D eigenvalue weighted by Gasteiger charge is 2.42. The first-order valence-corrected chi connectivity index (χ1v) is 15.0. The van der Waals surface area contributed by atoms with E-state index < -0.39 is 23.8 Å². The molecule has 1 fully saturated rings. The van der Waals surface area contributed by atoms with Gasteiger partial charge in [-0.05, 0) is 100 Å². The Balaban J connectivity index is 1.74. The van der Waals surface area contributed by atoms with Crippen LogP contribution in [0.5, 0.6) is 0 Å². The van der Waals surface area contributed by atoms with Gasteiger partial charge < -0.3 is 20.3 Å². The number of hydrogen-bond donors (Lipinski definition) is 2. The summed E-state index contributed by atoms with van der Waals surface area (Å²) in [6.07, 6.45) is 2.37. The molecule has 7 nitrogen and oxygen atoms in total. The van der Waals surface area contributed by atoms with Crippen LogP contribution < -0.4 is 10.6 Å². The van der Waals surface area contributed by atoms with Crippen LogP contribution in [0.3, 0.4) is 0 Å². The van der Waals surface area contributed by atoms with Crippen molar-refractivity contribution in [3.8, 4) is 0 Å². The number of aryl methyl sites for hydroxylation is 2. The molecule has 2 unspecified atom stereocenters. The van der Waals surface area contributed by atoms with E-state index in [2.05, 4.69) is 10.6 Å². The Morgan fingerprint density at radius 2 is 1.64 bits per heavy atom. The van der Waals surface area contributed by atoms with Gasteiger partial charge in [0.25, 0.3) is 5.91 Å². The van der Waals surface area contributed by atoms with E-state index >= 15 is 0 Å². The number of carbonyl (C=O) groups is 3. The topological polar surface area (TPSA) is 87.7 Å². The van der Waals surface area contributed by atoms with Gasteiger partial charge >= 0.3 is 6.09 Å². The summed E-state index contributed by atoms with van der Waals surface area (Å²) < 4.78 is 5.52. The molecule has 4 rings (SSSR count). The summed E-state index contributed by atoms with van der Waals surface area (Å²) in [6.45, 7) is 13.4. The Kier molecular flexibility index (Phi) is 9.60. The Bertz CT molecular complexity index is 1440. The highest BCUT2D eigenvalue weighted by molar-refractivity contribution is 6.00. The normalized spacial score (nSPS) is 15.0. The standard InChI is InChI=1S/C35H45N3O4/c1-22(2)19-30(37-34(41)42-35(5,6)7)33(40)38(28-13-10-14-28)31(29-18-15-23(3)20-24(29)4)32(39)36-27-17-16-25-11-8-9-12-26(25)21-27/h8-9,11-12,15-18,20-22,28,30-31H,10,13-14,19H2,1-7H3,(H,36,39)(H,37,41). The minimum Gasteiger partial charge on any atom is -0.444 e. The lowest BCUT2D eigenvalue weighted by Crippen LogP contribution is -2.57. The first-order valence-electron chi connectivity index (χ1n) is 15.0. The molecule has 3 amide bonds. The second-order valence-electron chi connectivity index (χ2n) is 13.0. The maximum atomic E-state index is 14.5. The number of rotatable bonds is 9. The lowest BCUT2D eigenvalue weighted by Gasteiger charge is -2.44. The van der Waals surface area contributed by atoms with Crippen LogP contribution in [0.2, 0.25) is 0 Å². The minimum absolute atomic E-state index is 0.111. The molecule has 0 aromatic heterocycles. The van der Waals surface area contributed by atoms with Gasteiger partial charge in [-0.25, -0.2) is 4.79 Å². The third-order valence-corrected chi connectivity index (χ3v) is 7.68. The van der Waals surface area contributed by atoms with Crippen molar-refractivity contribution in [3.05, 3.63) is 77.4 Å². The fraction of sp³-hybridized carbons (Fsp3) is 0.457. The van der Waals surface area contributed by atoms with Crippen molar-refractivity contribution in [1.29, 1.82) is 0 Å². The van der Waals surface area contributed by atoms with Gasteiger partial charge in [0.2, 0.25) is 5.91 Å². The van der Waals surface area contributed by atoms with Gasteiger partial charge in [0.05, 0.1) is 0 Å². The molecule has 0 radical (unpaired) electrons. The van der Waals surface area contributed by atoms with Crippen LogP contribution in [-0.2, 0) is 14.3 Å². The van der Waals surface area contributed by atoms with Crippen molar-refractivity contribution in [1.82, 2.24) is 10.2 Å². The number of amides is 3. The molecule has 2 atom stereocenters. The molecule has 2 N–H and O–H groups in total. The summed E-state index contributed by atoms with van der Waals surface area (Å²) >= 11 is 0. The summed E-state index contributed by atoms with van der Waals surface area (Å²) in [7, 11) is 0. The van der Waals surface area contributed by atoms with Crippen LogP contribution in [0, 0.1) is 19.8 Å². The van der Waals surface area contributed by atoms with Gasteiger partial charge in [0.1, 0.15) is 17.7 Å². The van der Waals surface area contributed by atoms with Crippen LogP contribution in [0.1, 0.15) is 83.0 Å². The molecule has 0 bridgehead atoms. The van der Waals surface area contributed by atoms with E-state index in [-0.39, 0.29) is 23.8 Å². The van der Waals surface area contributed by atoms with Crippen molar-refractivity contribution in [2.75, 3.05) is 5.32 Å². The quantitative estimate of drug-likeness (QED) is 0.279. The van der Waals surface area contributed by atoms with Gasteiger partial charge in [-0.3, -0.25) is 9.59 Å². The average Bonchev–Trinajstić information content (AvgIpc) is 2.86. The van der Waals surface area contributed by atoms with Crippen molar-refractivity contribution >= 4 is 34.4 Å². The highest BCUT2D eigenvalue weighted by Crippen LogP contribution is 2.36. The second-order valence-corrected chi connectivity index (χ2v) is 13.0. The van der Waals surface area contributed by atoms with E-state index in [4.69, 9.17) is 4.74 Å². The van der Waals surface area contributed by atoms with E-state index in [1.165, 1.54) is 0 Å². The number of nitrogens with zero attached hydrogens (tertiary/aromatic N) is 1. The predicted molar refractivity (Wildman–Crippen MR) is 168 cm³/mol. The third-order valence-electron chi connectivity index (χ3n) is 7.68. The maximum Gasteiger partial charge on any atom is 0.408 e. The van der Waals surface area contributed by atoms with Crippen molar-refractivity contribution in [3.63, 3.8) is 0 Å². The van der Waals surface area contributed by atoms with E-state index in [1.54, 1.807) is 25.7 Å². The van der Waals surface area contributed by atoms with Crippen molar-refractivity contribution in [2.45, 2.75) is 97.9 Å². The van der Waals surface area contributed by atoms with E-state index in [9.17, 15) is 14.4 Å². The fourth-order valence-corrected chi connectivity index (χ4v) is 5.53. The molecule has 0 spiro atoms. The Morgan fingerprint density at radius 3 is 2.24 bits per heavy atom. The van der Waals surface area contributed by atoms with Gasteiger partial charge in [-0.1, -0.05) is 67.9 Å². The molecule has 3 aromatic carbocycles. The van der Waals surface area contributed by atoms with Crippen LogP contribution >= 0.6 is 0 Å². The van der Waals surface area contributed by atoms with Gasteiger partial charge in [0.15, 0.2) is 0 Å². The largest absolute Gasteiger partial charge is 0.444 e. The number of carbonyl (C=O) groups excluding carboxylic acids is 3. The zero-order chi connectivity index (χ0) is 30.6. The number of hydrogen-bond acceptors (Lipinski definition) is 4. The SMILES string of the molecule is Cc1ccc(C(C(=O)Nc2ccc3ccccc3c2)N(C(=O)C(CC(C)C)NC(=O)OC(C)(C)C)C2CCC2)c(C)c1. The van der Waals surface area contributed by atoms with E-state index in [1.807, 2.05) is 88.4 Å². The summed E-state index contributed by atoms with van der Waals surface area (Å²) in [5, 5.41) is 8.06. The Morgan fingerprint density at radius 1 is 0.952 bits per heavy atom. The summed E-state index contributed by atoms with van der Waals surface area (Å²) in [4.78, 5) is 43.4. The van der Waals surface area contributed by atoms with Gasteiger partial charge in [-0.2, -0.15) is 0 Å². The molecule has 1 saturated carbocycles. The zero-order valence-electron chi connectivity index (χ0n) is 26.0. The summed E-state index contributed by atoms with van der Waals surface area (Å²) in [6, 6.07) is 18.0. The molecule has 7 heteroatoms. The molecule has 0 heterocycles. The molecule has 1 aliphatic carbocycles. The molecular formula is C35H45N3O4. The minimum atomic E-state index is -0.870. The fourth-order valence-electron chi connectivity index (χ4n) is 5.53. The number of benzene rings is 3. The first kappa shape index (κ1) is 31.1. The molecule has 1 aliphatic rings. The molecule has 0 aliphatic heterocycles. The second kappa shape index (κ2) is 13.0. The molecule has 0 saturated heterocycles. The van der Waals surface area contributed by atoms with Crippen LogP contribution in [0.4, 0.5) is 10.5 Å². The van der Waals surface area contributed by atoms with E-state index in [0.29, 0.717) is 12.1 Å². The maximum absolute atomic E-state index is 14.5.